The molecule has 8 nitrogen and oxygen atoms in total. The van der Waals surface area contributed by atoms with Gasteiger partial charge in [0.1, 0.15) is 12.0 Å². The smallest absolute Gasteiger partial charge is 0.301 e. The molecule has 1 aliphatic heterocycles. The number of fused-ring (bicyclic) bond motifs is 1. The number of aryl methyl sites for hydroxylation is 1. The SMILES string of the molecule is Cn1cnc2ccc(Nc3c(F)ccc(NS(=O)(=O)N4CCC(F)C4)c3Cl)c(Cl)c2c1=O. The minimum Gasteiger partial charge on any atom is -0.351 e. The van der Waals surface area contributed by atoms with Crippen molar-refractivity contribution in [1.82, 2.24) is 13.9 Å². The van der Waals surface area contributed by atoms with Crippen LogP contribution < -0.4 is 15.6 Å². The van der Waals surface area contributed by atoms with Gasteiger partial charge in [0.15, 0.2) is 0 Å². The number of nitrogens with one attached hydrogen (secondary N) is 2. The van der Waals surface area contributed by atoms with Gasteiger partial charge in [0.05, 0.1) is 44.3 Å². The molecule has 2 aromatic carbocycles. The van der Waals surface area contributed by atoms with E-state index in [2.05, 4.69) is 15.0 Å². The third kappa shape index (κ3) is 4.13. The van der Waals surface area contributed by atoms with Crippen LogP contribution in [0.3, 0.4) is 0 Å². The van der Waals surface area contributed by atoms with E-state index in [-0.39, 0.29) is 52.0 Å². The minimum absolute atomic E-state index is 0.00343. The zero-order chi connectivity index (χ0) is 23.2. The van der Waals surface area contributed by atoms with E-state index in [0.717, 1.165) is 16.4 Å². The van der Waals surface area contributed by atoms with Crippen LogP contribution in [0, 0.1) is 5.82 Å². The van der Waals surface area contributed by atoms with Crippen LogP contribution in [0.1, 0.15) is 6.42 Å². The Morgan fingerprint density at radius 2 is 1.88 bits per heavy atom. The zero-order valence-electron chi connectivity index (χ0n) is 16.6. The van der Waals surface area contributed by atoms with Crippen LogP contribution in [0.15, 0.2) is 35.4 Å². The lowest BCUT2D eigenvalue weighted by Gasteiger charge is -2.19. The van der Waals surface area contributed by atoms with Gasteiger partial charge in [-0.2, -0.15) is 12.7 Å². The lowest BCUT2D eigenvalue weighted by Crippen LogP contribution is -2.34. The van der Waals surface area contributed by atoms with Crippen molar-refractivity contribution >= 4 is 61.4 Å². The highest BCUT2D eigenvalue weighted by Gasteiger charge is 2.32. The summed E-state index contributed by atoms with van der Waals surface area (Å²) in [6, 6.07) is 5.20. The van der Waals surface area contributed by atoms with Crippen molar-refractivity contribution < 1.29 is 17.2 Å². The molecule has 1 fully saturated rings. The van der Waals surface area contributed by atoms with E-state index in [1.807, 2.05) is 0 Å². The first-order valence-electron chi connectivity index (χ1n) is 9.39. The molecule has 1 aliphatic rings. The fourth-order valence-corrected chi connectivity index (χ4v) is 5.21. The monoisotopic (exact) mass is 503 g/mol. The van der Waals surface area contributed by atoms with E-state index in [9.17, 15) is 22.0 Å². The van der Waals surface area contributed by atoms with Crippen molar-refractivity contribution in [2.45, 2.75) is 12.6 Å². The van der Waals surface area contributed by atoms with E-state index in [4.69, 9.17) is 23.2 Å². The van der Waals surface area contributed by atoms with Crippen LogP contribution in [0.2, 0.25) is 10.0 Å². The van der Waals surface area contributed by atoms with Gasteiger partial charge in [-0.05, 0) is 30.7 Å². The largest absolute Gasteiger partial charge is 0.351 e. The molecule has 32 heavy (non-hydrogen) atoms. The summed E-state index contributed by atoms with van der Waals surface area (Å²) < 4.78 is 57.5. The van der Waals surface area contributed by atoms with Crippen molar-refractivity contribution in [2.75, 3.05) is 23.1 Å². The molecular weight excluding hydrogens is 487 g/mol. The predicted octanol–water partition coefficient (Wildman–Crippen LogP) is 3.82. The Balaban J connectivity index is 1.70. The van der Waals surface area contributed by atoms with Crippen LogP contribution in [-0.2, 0) is 17.3 Å². The number of benzene rings is 2. The quantitative estimate of drug-likeness (QED) is 0.551. The average Bonchev–Trinajstić information content (AvgIpc) is 3.19. The molecule has 0 spiro atoms. The fraction of sp³-hybridized carbons (Fsp3) is 0.263. The molecule has 1 saturated heterocycles. The van der Waals surface area contributed by atoms with Gasteiger partial charge in [-0.15, -0.1) is 0 Å². The van der Waals surface area contributed by atoms with Crippen LogP contribution in [-0.4, -0.2) is 41.5 Å². The molecule has 1 aromatic heterocycles. The van der Waals surface area contributed by atoms with E-state index < -0.39 is 27.8 Å². The molecule has 1 unspecified atom stereocenters. The molecule has 0 saturated carbocycles. The maximum absolute atomic E-state index is 14.6. The van der Waals surface area contributed by atoms with Crippen molar-refractivity contribution in [3.05, 3.63) is 56.8 Å². The second kappa shape index (κ2) is 8.47. The summed E-state index contributed by atoms with van der Waals surface area (Å²) in [6.07, 6.45) is 0.204. The summed E-state index contributed by atoms with van der Waals surface area (Å²) in [5.74, 6) is -0.779. The van der Waals surface area contributed by atoms with E-state index >= 15 is 0 Å². The van der Waals surface area contributed by atoms with Gasteiger partial charge in [-0.3, -0.25) is 9.52 Å². The molecule has 2 heterocycles. The number of anilines is 3. The Labute approximate surface area is 191 Å². The van der Waals surface area contributed by atoms with Crippen molar-refractivity contribution in [1.29, 1.82) is 0 Å². The highest BCUT2D eigenvalue weighted by Crippen LogP contribution is 2.38. The molecule has 13 heteroatoms. The number of hydrogen-bond acceptors (Lipinski definition) is 5. The Morgan fingerprint density at radius 3 is 2.56 bits per heavy atom. The first-order valence-corrected chi connectivity index (χ1v) is 11.6. The van der Waals surface area contributed by atoms with Crippen LogP contribution in [0.5, 0.6) is 0 Å². The Bertz CT molecular complexity index is 1380. The van der Waals surface area contributed by atoms with Gasteiger partial charge in [-0.25, -0.2) is 13.8 Å². The molecular formula is C19H17Cl2F2N5O3S. The summed E-state index contributed by atoms with van der Waals surface area (Å²) in [7, 11) is -2.57. The van der Waals surface area contributed by atoms with Crippen molar-refractivity contribution in [2.24, 2.45) is 7.05 Å². The number of alkyl halides is 1. The Hall–Kier alpha value is -2.47. The molecule has 0 bridgehead atoms. The summed E-state index contributed by atoms with van der Waals surface area (Å²) in [5.41, 5.74) is -0.224. The second-order valence-corrected chi connectivity index (χ2v) is 9.67. The van der Waals surface area contributed by atoms with E-state index in [1.165, 1.54) is 30.1 Å². The molecule has 0 aliphatic carbocycles. The molecule has 0 radical (unpaired) electrons. The number of hydrogen-bond donors (Lipinski definition) is 2. The number of aromatic nitrogens is 2. The molecule has 3 aromatic rings. The third-order valence-electron chi connectivity index (χ3n) is 5.05. The van der Waals surface area contributed by atoms with Crippen LogP contribution in [0.25, 0.3) is 10.9 Å². The van der Waals surface area contributed by atoms with Crippen LogP contribution in [0.4, 0.5) is 25.8 Å². The van der Waals surface area contributed by atoms with Gasteiger partial charge in [0.2, 0.25) is 0 Å². The second-order valence-electron chi connectivity index (χ2n) is 7.24. The number of nitrogens with zero attached hydrogens (tertiary/aromatic N) is 3. The fourth-order valence-electron chi connectivity index (χ4n) is 3.34. The van der Waals surface area contributed by atoms with Gasteiger partial charge < -0.3 is 9.88 Å². The van der Waals surface area contributed by atoms with E-state index in [1.54, 1.807) is 0 Å². The molecule has 2 N–H and O–H groups in total. The third-order valence-corrected chi connectivity index (χ3v) is 7.32. The zero-order valence-corrected chi connectivity index (χ0v) is 18.9. The highest BCUT2D eigenvalue weighted by atomic mass is 35.5. The van der Waals surface area contributed by atoms with Gasteiger partial charge >= 0.3 is 10.2 Å². The van der Waals surface area contributed by atoms with Crippen LogP contribution >= 0.6 is 23.2 Å². The first kappa shape index (κ1) is 22.7. The maximum Gasteiger partial charge on any atom is 0.301 e. The number of rotatable bonds is 5. The highest BCUT2D eigenvalue weighted by molar-refractivity contribution is 7.90. The topological polar surface area (TPSA) is 96.3 Å². The van der Waals surface area contributed by atoms with E-state index in [0.29, 0.717) is 5.52 Å². The normalized spacial score (nSPS) is 17.1. The Kier molecular flexibility index (Phi) is 6.01. The standard InChI is InChI=1S/C19H17Cl2F2N5O3S/c1-27-9-24-12-4-5-13(16(20)15(12)19(27)29)25-18-11(23)2-3-14(17(18)21)26-32(30,31)28-7-6-10(22)8-28/h2-5,9-10,25-26H,6-8H2,1H3. The lowest BCUT2D eigenvalue weighted by molar-refractivity contribution is 0.343. The van der Waals surface area contributed by atoms with Gasteiger partial charge in [0, 0.05) is 20.1 Å². The maximum atomic E-state index is 14.6. The average molecular weight is 504 g/mol. The van der Waals surface area contributed by atoms with Gasteiger partial charge in [0.25, 0.3) is 5.56 Å². The Morgan fingerprint density at radius 1 is 1.16 bits per heavy atom. The summed E-state index contributed by atoms with van der Waals surface area (Å²) >= 11 is 12.7. The lowest BCUT2D eigenvalue weighted by atomic mass is 10.2. The molecule has 4 rings (SSSR count). The van der Waals surface area contributed by atoms with Crippen molar-refractivity contribution in [3.8, 4) is 0 Å². The summed E-state index contributed by atoms with van der Waals surface area (Å²) in [5, 5.41) is 2.60. The summed E-state index contributed by atoms with van der Waals surface area (Å²) in [6.45, 7) is -0.245. The minimum atomic E-state index is -4.09. The first-order chi connectivity index (χ1) is 15.1. The number of halogens is 4. The molecule has 170 valence electrons. The molecule has 0 amide bonds. The molecule has 1 atom stereocenters. The van der Waals surface area contributed by atoms with Gasteiger partial charge in [-0.1, -0.05) is 23.2 Å². The van der Waals surface area contributed by atoms with Crippen molar-refractivity contribution in [3.63, 3.8) is 0 Å². The predicted molar refractivity (Wildman–Crippen MR) is 120 cm³/mol. The summed E-state index contributed by atoms with van der Waals surface area (Å²) in [4.78, 5) is 16.6.